The highest BCUT2D eigenvalue weighted by Gasteiger charge is 2.22. The zero-order valence-electron chi connectivity index (χ0n) is 13.7. The molecule has 0 saturated heterocycles. The van der Waals surface area contributed by atoms with Gasteiger partial charge in [-0.05, 0) is 37.0 Å². The zero-order valence-corrected chi connectivity index (χ0v) is 13.7. The fourth-order valence-corrected chi connectivity index (χ4v) is 2.61. The molecule has 122 valence electrons. The van der Waals surface area contributed by atoms with Gasteiger partial charge < -0.3 is 15.2 Å². The average molecular weight is 314 g/mol. The van der Waals surface area contributed by atoms with Crippen molar-refractivity contribution in [2.24, 2.45) is 5.92 Å². The fourth-order valence-electron chi connectivity index (χ4n) is 2.61. The molecule has 0 aliphatic rings. The molecule has 1 aromatic carbocycles. The number of ether oxygens (including phenoxy) is 2. The van der Waals surface area contributed by atoms with Crippen LogP contribution in [0.15, 0.2) is 36.4 Å². The average Bonchev–Trinajstić information content (AvgIpc) is 2.57. The molecule has 2 N–H and O–H groups in total. The van der Waals surface area contributed by atoms with Gasteiger partial charge in [-0.15, -0.1) is 0 Å². The molecule has 0 fully saturated rings. The number of methoxy groups -OCH3 is 2. The number of hydrogen-bond donors (Lipinski definition) is 1. The van der Waals surface area contributed by atoms with E-state index in [-0.39, 0.29) is 11.9 Å². The zero-order chi connectivity index (χ0) is 16.8. The third kappa shape index (κ3) is 4.22. The lowest BCUT2D eigenvalue weighted by atomic mass is 9.92. The summed E-state index contributed by atoms with van der Waals surface area (Å²) in [5, 5.41) is 0. The van der Waals surface area contributed by atoms with Crippen LogP contribution in [0.3, 0.4) is 0 Å². The number of nitrogens with two attached hydrogens (primary N) is 1. The van der Waals surface area contributed by atoms with Gasteiger partial charge in [-0.3, -0.25) is 4.79 Å². The summed E-state index contributed by atoms with van der Waals surface area (Å²) in [4.78, 5) is 16.4. The number of nitrogens with zero attached hydrogens (tertiary/aromatic N) is 1. The Bertz CT molecular complexity index is 671. The van der Waals surface area contributed by atoms with Crippen molar-refractivity contribution in [1.29, 1.82) is 0 Å². The summed E-state index contributed by atoms with van der Waals surface area (Å²) in [5.41, 5.74) is 9.31. The Morgan fingerprint density at radius 3 is 2.52 bits per heavy atom. The fraction of sp³-hybridized carbons (Fsp3) is 0.333. The molecule has 0 amide bonds. The number of rotatable bonds is 6. The van der Waals surface area contributed by atoms with Crippen molar-refractivity contribution in [1.82, 2.24) is 4.98 Å². The summed E-state index contributed by atoms with van der Waals surface area (Å²) < 4.78 is 10.2. The first kappa shape index (κ1) is 16.8. The highest BCUT2D eigenvalue weighted by molar-refractivity contribution is 5.73. The van der Waals surface area contributed by atoms with Crippen LogP contribution in [0.5, 0.6) is 5.88 Å². The molecule has 5 heteroatoms. The Labute approximate surface area is 136 Å². The van der Waals surface area contributed by atoms with Crippen LogP contribution in [-0.2, 0) is 22.4 Å². The van der Waals surface area contributed by atoms with E-state index < -0.39 is 0 Å². The third-order valence-electron chi connectivity index (χ3n) is 3.76. The number of hydrogen-bond acceptors (Lipinski definition) is 5. The number of aromatic nitrogens is 1. The molecular weight excluding hydrogens is 292 g/mol. The molecule has 0 spiro atoms. The summed E-state index contributed by atoms with van der Waals surface area (Å²) >= 11 is 0. The molecule has 1 atom stereocenters. The van der Waals surface area contributed by atoms with E-state index in [1.54, 1.807) is 0 Å². The van der Waals surface area contributed by atoms with Gasteiger partial charge in [0, 0.05) is 5.69 Å². The van der Waals surface area contributed by atoms with Crippen LogP contribution in [0.25, 0.3) is 0 Å². The van der Waals surface area contributed by atoms with Gasteiger partial charge in [0.2, 0.25) is 5.88 Å². The van der Waals surface area contributed by atoms with Crippen LogP contribution in [-0.4, -0.2) is 25.2 Å². The summed E-state index contributed by atoms with van der Waals surface area (Å²) in [6.45, 7) is 1.87. The number of esters is 1. The van der Waals surface area contributed by atoms with Gasteiger partial charge in [-0.1, -0.05) is 30.3 Å². The van der Waals surface area contributed by atoms with Crippen LogP contribution in [0, 0.1) is 12.8 Å². The Kier molecular flexibility index (Phi) is 5.57. The number of carbonyl (C=O) groups is 1. The lowest BCUT2D eigenvalue weighted by Gasteiger charge is -2.17. The first-order chi connectivity index (χ1) is 11.0. The predicted molar refractivity (Wildman–Crippen MR) is 89.3 cm³/mol. The van der Waals surface area contributed by atoms with Gasteiger partial charge in [0.15, 0.2) is 0 Å². The Morgan fingerprint density at radius 1 is 1.22 bits per heavy atom. The minimum absolute atomic E-state index is 0.248. The quantitative estimate of drug-likeness (QED) is 0.829. The molecule has 1 aromatic heterocycles. The molecule has 1 heterocycles. The second-order valence-corrected chi connectivity index (χ2v) is 5.46. The highest BCUT2D eigenvalue weighted by Crippen LogP contribution is 2.27. The largest absolute Gasteiger partial charge is 0.480 e. The Hall–Kier alpha value is -2.56. The molecule has 1 unspecified atom stereocenters. The van der Waals surface area contributed by atoms with Crippen LogP contribution < -0.4 is 10.5 Å². The van der Waals surface area contributed by atoms with Crippen LogP contribution >= 0.6 is 0 Å². The lowest BCUT2D eigenvalue weighted by Crippen LogP contribution is -2.22. The van der Waals surface area contributed by atoms with Crippen molar-refractivity contribution in [3.63, 3.8) is 0 Å². The van der Waals surface area contributed by atoms with Crippen LogP contribution in [0.4, 0.5) is 5.69 Å². The molecule has 23 heavy (non-hydrogen) atoms. The molecule has 0 aliphatic heterocycles. The van der Waals surface area contributed by atoms with Crippen molar-refractivity contribution in [2.75, 3.05) is 20.0 Å². The molecule has 0 saturated carbocycles. The van der Waals surface area contributed by atoms with Crippen LogP contribution in [0.2, 0.25) is 0 Å². The SMILES string of the molecule is COC(=O)C(Cc1ccccc1)Cc1cc(C)nc(OC)c1N. The van der Waals surface area contributed by atoms with E-state index in [0.29, 0.717) is 24.4 Å². The van der Waals surface area contributed by atoms with Crippen molar-refractivity contribution in [3.8, 4) is 5.88 Å². The standard InChI is InChI=1S/C18H22N2O3/c1-12-9-14(16(19)17(20-12)22-2)11-15(18(21)23-3)10-13-7-5-4-6-8-13/h4-9,15H,10-11,19H2,1-3H3. The van der Waals surface area contributed by atoms with Crippen LogP contribution in [0.1, 0.15) is 16.8 Å². The van der Waals surface area contributed by atoms with Crippen molar-refractivity contribution >= 4 is 11.7 Å². The second kappa shape index (κ2) is 7.63. The Morgan fingerprint density at radius 2 is 1.91 bits per heavy atom. The summed E-state index contributed by atoms with van der Waals surface area (Å²) in [7, 11) is 2.94. The maximum absolute atomic E-state index is 12.2. The first-order valence-corrected chi connectivity index (χ1v) is 7.47. The normalized spacial score (nSPS) is 11.8. The number of aryl methyl sites for hydroxylation is 1. The van der Waals surface area contributed by atoms with Crippen molar-refractivity contribution in [2.45, 2.75) is 19.8 Å². The minimum atomic E-state index is -0.309. The molecule has 0 radical (unpaired) electrons. The van der Waals surface area contributed by atoms with Crippen molar-refractivity contribution < 1.29 is 14.3 Å². The number of nitrogen functional groups attached to an aromatic ring is 1. The van der Waals surface area contributed by atoms with E-state index in [0.717, 1.165) is 16.8 Å². The number of anilines is 1. The van der Waals surface area contributed by atoms with Gasteiger partial charge in [-0.2, -0.15) is 0 Å². The van der Waals surface area contributed by atoms with Gasteiger partial charge in [0.05, 0.1) is 25.8 Å². The molecule has 0 aliphatic carbocycles. The van der Waals surface area contributed by atoms with Crippen molar-refractivity contribution in [3.05, 3.63) is 53.2 Å². The van der Waals surface area contributed by atoms with E-state index >= 15 is 0 Å². The summed E-state index contributed by atoms with van der Waals surface area (Å²) in [6.07, 6.45) is 1.07. The summed E-state index contributed by atoms with van der Waals surface area (Å²) in [6, 6.07) is 11.7. The molecule has 0 bridgehead atoms. The summed E-state index contributed by atoms with van der Waals surface area (Å²) in [5.74, 6) is -0.166. The topological polar surface area (TPSA) is 74.4 Å². The van der Waals surface area contributed by atoms with Gasteiger partial charge in [0.25, 0.3) is 0 Å². The molecular formula is C18H22N2O3. The highest BCUT2D eigenvalue weighted by atomic mass is 16.5. The van der Waals surface area contributed by atoms with Gasteiger partial charge in [0.1, 0.15) is 0 Å². The maximum Gasteiger partial charge on any atom is 0.309 e. The number of carbonyl (C=O) groups excluding carboxylic acids is 1. The van der Waals surface area contributed by atoms with E-state index in [1.807, 2.05) is 43.3 Å². The maximum atomic E-state index is 12.2. The number of pyridine rings is 1. The van der Waals surface area contributed by atoms with Gasteiger partial charge in [-0.25, -0.2) is 4.98 Å². The second-order valence-electron chi connectivity index (χ2n) is 5.46. The molecule has 2 aromatic rings. The number of benzene rings is 1. The molecule has 2 rings (SSSR count). The van der Waals surface area contributed by atoms with E-state index in [2.05, 4.69) is 4.98 Å². The predicted octanol–water partition coefficient (Wildman–Crippen LogP) is 2.56. The smallest absolute Gasteiger partial charge is 0.309 e. The monoisotopic (exact) mass is 314 g/mol. The van der Waals surface area contributed by atoms with Gasteiger partial charge >= 0.3 is 5.97 Å². The van der Waals surface area contributed by atoms with E-state index in [9.17, 15) is 4.79 Å². The minimum Gasteiger partial charge on any atom is -0.480 e. The first-order valence-electron chi connectivity index (χ1n) is 7.47. The molecule has 5 nitrogen and oxygen atoms in total. The van der Waals surface area contributed by atoms with E-state index in [1.165, 1.54) is 14.2 Å². The van der Waals surface area contributed by atoms with E-state index in [4.69, 9.17) is 15.2 Å². The Balaban J connectivity index is 2.28. The lowest BCUT2D eigenvalue weighted by molar-refractivity contribution is -0.145. The third-order valence-corrected chi connectivity index (χ3v) is 3.76.